The van der Waals surface area contributed by atoms with Gasteiger partial charge in [0.1, 0.15) is 6.67 Å². The van der Waals surface area contributed by atoms with Crippen LogP contribution in [0.4, 0.5) is 4.39 Å². The fourth-order valence-electron chi connectivity index (χ4n) is 5.63. The molecule has 2 aliphatic rings. The molecule has 2 fully saturated rings. The summed E-state index contributed by atoms with van der Waals surface area (Å²) in [6.07, 6.45) is 19.9. The highest BCUT2D eigenvalue weighted by Gasteiger charge is 2.31. The van der Waals surface area contributed by atoms with Gasteiger partial charge in [-0.2, -0.15) is 0 Å². The van der Waals surface area contributed by atoms with Crippen molar-refractivity contribution in [1.82, 2.24) is 0 Å². The molecule has 3 rings (SSSR count). The Hall–Kier alpha value is -1.11. The molecule has 0 aromatic heterocycles. The van der Waals surface area contributed by atoms with Gasteiger partial charge in [0.15, 0.2) is 0 Å². The van der Waals surface area contributed by atoms with Gasteiger partial charge in [0.05, 0.1) is 0 Å². The minimum absolute atomic E-state index is 0.307. The lowest BCUT2D eigenvalue weighted by Gasteiger charge is -2.38. The average Bonchev–Trinajstić information content (AvgIpc) is 2.73. The Morgan fingerprint density at radius 3 is 2.07 bits per heavy atom. The molecule has 2 aliphatic carbocycles. The van der Waals surface area contributed by atoms with E-state index in [-0.39, 0.29) is 6.67 Å². The van der Waals surface area contributed by atoms with Crippen LogP contribution in [0, 0.1) is 17.8 Å². The molecule has 0 N–H and O–H groups in total. The molecule has 1 aromatic rings. The average molecular weight is 371 g/mol. The van der Waals surface area contributed by atoms with E-state index in [1.807, 2.05) is 6.08 Å². The summed E-state index contributed by atoms with van der Waals surface area (Å²) in [4.78, 5) is 0. The van der Waals surface area contributed by atoms with Gasteiger partial charge in [-0.15, -0.1) is 0 Å². The Labute approximate surface area is 166 Å². The van der Waals surface area contributed by atoms with Crippen LogP contribution in [0.2, 0.25) is 0 Å². The predicted molar refractivity (Wildman–Crippen MR) is 115 cm³/mol. The highest BCUT2D eigenvalue weighted by Crippen LogP contribution is 2.44. The molecule has 0 spiro atoms. The van der Waals surface area contributed by atoms with Crippen LogP contribution in [0.3, 0.4) is 0 Å². The van der Waals surface area contributed by atoms with E-state index < -0.39 is 0 Å². The number of allylic oxidation sites excluding steroid dienone is 2. The van der Waals surface area contributed by atoms with Gasteiger partial charge >= 0.3 is 0 Å². The van der Waals surface area contributed by atoms with E-state index in [4.69, 9.17) is 0 Å². The Morgan fingerprint density at radius 2 is 1.48 bits per heavy atom. The summed E-state index contributed by atoms with van der Waals surface area (Å²) in [7, 11) is 0. The predicted octanol–water partition coefficient (Wildman–Crippen LogP) is 8.03. The summed E-state index contributed by atoms with van der Waals surface area (Å²) in [5.74, 6) is 3.66. The second-order valence-corrected chi connectivity index (χ2v) is 9.09. The van der Waals surface area contributed by atoms with Gasteiger partial charge in [-0.3, -0.25) is 0 Å². The number of hydrogen-bond acceptors (Lipinski definition) is 0. The second kappa shape index (κ2) is 11.0. The van der Waals surface area contributed by atoms with Crippen molar-refractivity contribution in [2.45, 2.75) is 89.9 Å². The van der Waals surface area contributed by atoms with Crippen molar-refractivity contribution >= 4 is 0 Å². The van der Waals surface area contributed by atoms with Crippen molar-refractivity contribution in [3.8, 4) is 0 Å². The molecular weight excluding hydrogens is 331 g/mol. The maximum atomic E-state index is 12.1. The molecule has 0 nitrogen and oxygen atoms in total. The number of rotatable bonds is 8. The summed E-state index contributed by atoms with van der Waals surface area (Å²) >= 11 is 0. The fourth-order valence-corrected chi connectivity index (χ4v) is 5.63. The quantitative estimate of drug-likeness (QED) is 0.406. The zero-order chi connectivity index (χ0) is 18.9. The molecule has 2 saturated carbocycles. The second-order valence-electron chi connectivity index (χ2n) is 9.09. The third-order valence-corrected chi connectivity index (χ3v) is 7.32. The van der Waals surface area contributed by atoms with Gasteiger partial charge in [0, 0.05) is 0 Å². The highest BCUT2D eigenvalue weighted by molar-refractivity contribution is 5.26. The van der Waals surface area contributed by atoms with Gasteiger partial charge in [-0.05, 0) is 92.6 Å². The third kappa shape index (κ3) is 6.19. The molecule has 27 heavy (non-hydrogen) atoms. The summed E-state index contributed by atoms with van der Waals surface area (Å²) in [5.41, 5.74) is 3.07. The molecule has 0 bridgehead atoms. The third-order valence-electron chi connectivity index (χ3n) is 7.32. The zero-order valence-corrected chi connectivity index (χ0v) is 17.3. The smallest absolute Gasteiger partial charge is 0.108 e. The molecule has 0 unspecified atom stereocenters. The van der Waals surface area contributed by atoms with E-state index in [0.29, 0.717) is 0 Å². The molecule has 0 radical (unpaired) electrons. The van der Waals surface area contributed by atoms with Crippen LogP contribution in [-0.4, -0.2) is 6.67 Å². The first-order valence-corrected chi connectivity index (χ1v) is 11.6. The number of aryl methyl sites for hydroxylation is 1. The summed E-state index contributed by atoms with van der Waals surface area (Å²) in [5, 5.41) is 0. The van der Waals surface area contributed by atoms with E-state index in [2.05, 4.69) is 31.2 Å². The van der Waals surface area contributed by atoms with Gasteiger partial charge < -0.3 is 0 Å². The SMILES string of the molecule is CCCc1ccc(C2CCC(C3CCC(CCC=CCF)CC3)CC2)cc1. The van der Waals surface area contributed by atoms with Crippen molar-refractivity contribution in [2.24, 2.45) is 17.8 Å². The van der Waals surface area contributed by atoms with E-state index in [0.717, 1.165) is 30.1 Å². The summed E-state index contributed by atoms with van der Waals surface area (Å²) < 4.78 is 12.1. The molecule has 0 aliphatic heterocycles. The molecule has 0 atom stereocenters. The number of benzene rings is 1. The lowest BCUT2D eigenvalue weighted by molar-refractivity contribution is 0.157. The van der Waals surface area contributed by atoms with E-state index in [1.165, 1.54) is 76.2 Å². The van der Waals surface area contributed by atoms with Crippen molar-refractivity contribution in [1.29, 1.82) is 0 Å². The van der Waals surface area contributed by atoms with Crippen molar-refractivity contribution in [2.75, 3.05) is 6.67 Å². The lowest BCUT2D eigenvalue weighted by Crippen LogP contribution is -2.25. The maximum Gasteiger partial charge on any atom is 0.108 e. The molecule has 1 heteroatoms. The molecule has 0 saturated heterocycles. The monoisotopic (exact) mass is 370 g/mol. The van der Waals surface area contributed by atoms with Crippen LogP contribution in [-0.2, 0) is 6.42 Å². The number of alkyl halides is 1. The van der Waals surface area contributed by atoms with E-state index >= 15 is 0 Å². The van der Waals surface area contributed by atoms with Gasteiger partial charge in [-0.1, -0.05) is 62.6 Å². The fraction of sp³-hybridized carbons (Fsp3) is 0.692. The minimum Gasteiger partial charge on any atom is -0.247 e. The first-order valence-electron chi connectivity index (χ1n) is 11.6. The topological polar surface area (TPSA) is 0 Å². The van der Waals surface area contributed by atoms with Gasteiger partial charge in [0.2, 0.25) is 0 Å². The minimum atomic E-state index is -0.307. The van der Waals surface area contributed by atoms with Crippen LogP contribution < -0.4 is 0 Å². The van der Waals surface area contributed by atoms with Crippen LogP contribution >= 0.6 is 0 Å². The van der Waals surface area contributed by atoms with E-state index in [9.17, 15) is 4.39 Å². The first kappa shape index (κ1) is 20.6. The molecule has 0 heterocycles. The number of hydrogen-bond donors (Lipinski definition) is 0. The Balaban J connectivity index is 1.39. The van der Waals surface area contributed by atoms with Crippen molar-refractivity contribution < 1.29 is 4.39 Å². The Kier molecular flexibility index (Phi) is 8.42. The molecule has 150 valence electrons. The maximum absolute atomic E-state index is 12.1. The van der Waals surface area contributed by atoms with Gasteiger partial charge in [-0.25, -0.2) is 4.39 Å². The number of halogens is 1. The lowest BCUT2D eigenvalue weighted by atomic mass is 9.68. The van der Waals surface area contributed by atoms with Crippen molar-refractivity contribution in [3.05, 3.63) is 47.5 Å². The molecular formula is C26H39F. The Morgan fingerprint density at radius 1 is 0.852 bits per heavy atom. The van der Waals surface area contributed by atoms with Crippen LogP contribution in [0.25, 0.3) is 0 Å². The van der Waals surface area contributed by atoms with Crippen LogP contribution in [0.1, 0.15) is 94.6 Å². The van der Waals surface area contributed by atoms with E-state index in [1.54, 1.807) is 11.6 Å². The Bertz CT molecular complexity index is 542. The highest BCUT2D eigenvalue weighted by atomic mass is 19.1. The summed E-state index contributed by atoms with van der Waals surface area (Å²) in [6, 6.07) is 9.51. The van der Waals surface area contributed by atoms with Gasteiger partial charge in [0.25, 0.3) is 0 Å². The zero-order valence-electron chi connectivity index (χ0n) is 17.3. The largest absolute Gasteiger partial charge is 0.247 e. The standard InChI is InChI=1S/C26H39F/c1-2-6-21-8-12-23(13-9-21)25-16-18-26(19-17-25)24-14-10-22(11-15-24)7-4-3-5-20-27/h3,5,8-9,12-13,22,24-26H,2,4,6-7,10-11,14-20H2,1H3. The van der Waals surface area contributed by atoms with Crippen LogP contribution in [0.15, 0.2) is 36.4 Å². The van der Waals surface area contributed by atoms with Crippen LogP contribution in [0.5, 0.6) is 0 Å². The first-order chi connectivity index (χ1) is 13.3. The molecule has 0 amide bonds. The van der Waals surface area contributed by atoms with Crippen molar-refractivity contribution in [3.63, 3.8) is 0 Å². The molecule has 1 aromatic carbocycles. The summed E-state index contributed by atoms with van der Waals surface area (Å²) in [6.45, 7) is 1.95. The normalized spacial score (nSPS) is 29.3.